The van der Waals surface area contributed by atoms with Gasteiger partial charge in [-0.05, 0) is 13.0 Å². The molecule has 2 aromatic rings. The molecule has 0 aliphatic heterocycles. The first kappa shape index (κ1) is 10.4. The Morgan fingerprint density at radius 2 is 2.31 bits per heavy atom. The molecule has 16 heavy (non-hydrogen) atoms. The Kier molecular flexibility index (Phi) is 2.47. The molecule has 2 heterocycles. The number of aryl methyl sites for hydroxylation is 2. The first-order valence-electron chi connectivity index (χ1n) is 4.68. The molecule has 0 saturated carbocycles. The van der Waals surface area contributed by atoms with Crippen LogP contribution in [0.25, 0.3) is 11.4 Å². The normalized spacial score (nSPS) is 10.4. The maximum Gasteiger partial charge on any atom is 0.343 e. The molecule has 0 saturated heterocycles. The third kappa shape index (κ3) is 1.58. The lowest BCUT2D eigenvalue weighted by molar-refractivity contribution is 0.0599. The van der Waals surface area contributed by atoms with Gasteiger partial charge in [0.05, 0.1) is 7.11 Å². The van der Waals surface area contributed by atoms with E-state index in [4.69, 9.17) is 4.52 Å². The van der Waals surface area contributed by atoms with Gasteiger partial charge in [-0.25, -0.2) is 4.79 Å². The highest BCUT2D eigenvalue weighted by Gasteiger charge is 2.23. The van der Waals surface area contributed by atoms with Crippen LogP contribution in [-0.2, 0) is 11.8 Å². The first-order valence-corrected chi connectivity index (χ1v) is 4.68. The Morgan fingerprint density at radius 3 is 2.88 bits per heavy atom. The van der Waals surface area contributed by atoms with Crippen molar-refractivity contribution >= 4 is 5.97 Å². The van der Waals surface area contributed by atoms with Gasteiger partial charge in [-0.1, -0.05) is 5.16 Å². The molecule has 0 amide bonds. The van der Waals surface area contributed by atoms with E-state index >= 15 is 0 Å². The Bertz CT molecular complexity index is 527. The molecular formula is C10H11N3O3. The predicted molar refractivity (Wildman–Crippen MR) is 54.8 cm³/mol. The number of nitrogens with zero attached hydrogens (tertiary/aromatic N) is 3. The third-order valence-electron chi connectivity index (χ3n) is 2.21. The molecule has 0 atom stereocenters. The monoisotopic (exact) mass is 221 g/mol. The van der Waals surface area contributed by atoms with E-state index in [1.807, 2.05) is 0 Å². The molecule has 0 radical (unpaired) electrons. The minimum absolute atomic E-state index is 0.321. The van der Waals surface area contributed by atoms with Crippen LogP contribution < -0.4 is 0 Å². The summed E-state index contributed by atoms with van der Waals surface area (Å²) in [4.78, 5) is 11.5. The molecular weight excluding hydrogens is 210 g/mol. The Labute approximate surface area is 91.8 Å². The summed E-state index contributed by atoms with van der Waals surface area (Å²) in [5.41, 5.74) is 1.31. The number of hydrogen-bond donors (Lipinski definition) is 0. The van der Waals surface area contributed by atoms with Gasteiger partial charge in [-0.2, -0.15) is 5.10 Å². The summed E-state index contributed by atoms with van der Waals surface area (Å²) >= 11 is 0. The summed E-state index contributed by atoms with van der Waals surface area (Å²) in [7, 11) is 3.10. The Morgan fingerprint density at radius 1 is 1.56 bits per heavy atom. The van der Waals surface area contributed by atoms with E-state index in [9.17, 15) is 4.79 Å². The van der Waals surface area contributed by atoms with Gasteiger partial charge in [0, 0.05) is 13.2 Å². The smallest absolute Gasteiger partial charge is 0.343 e. The summed E-state index contributed by atoms with van der Waals surface area (Å²) in [6.07, 6.45) is 1.76. The number of methoxy groups -OCH3 is 1. The van der Waals surface area contributed by atoms with E-state index < -0.39 is 5.97 Å². The summed E-state index contributed by atoms with van der Waals surface area (Å²) in [5, 5.41) is 7.97. The number of carbonyl (C=O) groups is 1. The SMILES string of the molecule is COC(=O)c1c(-c2ccn(C)n2)noc1C. The second-order valence-corrected chi connectivity index (χ2v) is 3.33. The quantitative estimate of drug-likeness (QED) is 0.712. The number of rotatable bonds is 2. The Balaban J connectivity index is 2.53. The fraction of sp³-hybridized carbons (Fsp3) is 0.300. The van der Waals surface area contributed by atoms with Gasteiger partial charge in [0.25, 0.3) is 0 Å². The van der Waals surface area contributed by atoms with E-state index in [1.54, 1.807) is 30.9 Å². The maximum atomic E-state index is 11.5. The number of esters is 1. The standard InChI is InChI=1S/C10H11N3O3/c1-6-8(10(14)15-3)9(12-16-6)7-4-5-13(2)11-7/h4-5H,1-3H3. The molecule has 0 aromatic carbocycles. The average molecular weight is 221 g/mol. The summed E-state index contributed by atoms with van der Waals surface area (Å²) in [5.74, 6) is -0.0492. The van der Waals surface area contributed by atoms with Crippen LogP contribution in [0.15, 0.2) is 16.8 Å². The van der Waals surface area contributed by atoms with Gasteiger partial charge >= 0.3 is 5.97 Å². The summed E-state index contributed by atoms with van der Waals surface area (Å²) < 4.78 is 11.3. The number of carbonyl (C=O) groups excluding carboxylic acids is 1. The van der Waals surface area contributed by atoms with Crippen LogP contribution in [0.4, 0.5) is 0 Å². The van der Waals surface area contributed by atoms with Crippen molar-refractivity contribution in [1.29, 1.82) is 0 Å². The van der Waals surface area contributed by atoms with Crippen molar-refractivity contribution in [3.63, 3.8) is 0 Å². The van der Waals surface area contributed by atoms with Crippen LogP contribution in [0.2, 0.25) is 0 Å². The second-order valence-electron chi connectivity index (χ2n) is 3.33. The number of aromatic nitrogens is 3. The van der Waals surface area contributed by atoms with Crippen molar-refractivity contribution in [3.8, 4) is 11.4 Å². The molecule has 6 nitrogen and oxygen atoms in total. The zero-order valence-corrected chi connectivity index (χ0v) is 9.22. The molecule has 0 aliphatic carbocycles. The molecule has 2 rings (SSSR count). The van der Waals surface area contributed by atoms with E-state index in [1.165, 1.54) is 7.11 Å². The van der Waals surface area contributed by atoms with Gasteiger partial charge in [-0.3, -0.25) is 4.68 Å². The molecule has 0 aliphatic rings. The lowest BCUT2D eigenvalue weighted by Gasteiger charge is -1.97. The van der Waals surface area contributed by atoms with Gasteiger partial charge in [0.2, 0.25) is 0 Å². The third-order valence-corrected chi connectivity index (χ3v) is 2.21. The van der Waals surface area contributed by atoms with Crippen molar-refractivity contribution in [2.24, 2.45) is 7.05 Å². The van der Waals surface area contributed by atoms with Crippen LogP contribution in [-0.4, -0.2) is 28.0 Å². The Hall–Kier alpha value is -2.11. The van der Waals surface area contributed by atoms with E-state index in [2.05, 4.69) is 15.0 Å². The molecule has 84 valence electrons. The van der Waals surface area contributed by atoms with Gasteiger partial charge < -0.3 is 9.26 Å². The van der Waals surface area contributed by atoms with E-state index in [0.29, 0.717) is 22.7 Å². The largest absolute Gasteiger partial charge is 0.465 e. The molecule has 2 aromatic heterocycles. The summed E-state index contributed by atoms with van der Waals surface area (Å²) in [6, 6.07) is 1.75. The molecule has 0 bridgehead atoms. The van der Waals surface area contributed by atoms with Crippen LogP contribution in [0.1, 0.15) is 16.1 Å². The first-order chi connectivity index (χ1) is 7.63. The fourth-order valence-corrected chi connectivity index (χ4v) is 1.43. The topological polar surface area (TPSA) is 70.2 Å². The molecule has 0 N–H and O–H groups in total. The maximum absolute atomic E-state index is 11.5. The fourth-order valence-electron chi connectivity index (χ4n) is 1.43. The van der Waals surface area contributed by atoms with Crippen molar-refractivity contribution in [3.05, 3.63) is 23.6 Å². The number of hydrogen-bond acceptors (Lipinski definition) is 5. The van der Waals surface area contributed by atoms with Crippen molar-refractivity contribution in [2.75, 3.05) is 7.11 Å². The zero-order chi connectivity index (χ0) is 11.7. The van der Waals surface area contributed by atoms with E-state index in [0.717, 1.165) is 0 Å². The zero-order valence-electron chi connectivity index (χ0n) is 9.22. The molecule has 0 unspecified atom stereocenters. The lowest BCUT2D eigenvalue weighted by atomic mass is 10.1. The van der Waals surface area contributed by atoms with Gasteiger partial charge in [-0.15, -0.1) is 0 Å². The molecule has 0 fully saturated rings. The minimum Gasteiger partial charge on any atom is -0.465 e. The van der Waals surface area contributed by atoms with Crippen molar-refractivity contribution in [1.82, 2.24) is 14.9 Å². The molecule has 6 heteroatoms. The van der Waals surface area contributed by atoms with Crippen LogP contribution in [0.3, 0.4) is 0 Å². The highest BCUT2D eigenvalue weighted by atomic mass is 16.5. The molecule has 0 spiro atoms. The second kappa shape index (κ2) is 3.80. The van der Waals surface area contributed by atoms with Gasteiger partial charge in [0.15, 0.2) is 0 Å². The highest BCUT2D eigenvalue weighted by molar-refractivity contribution is 5.96. The minimum atomic E-state index is -0.473. The number of ether oxygens (including phenoxy) is 1. The van der Waals surface area contributed by atoms with E-state index in [-0.39, 0.29) is 0 Å². The van der Waals surface area contributed by atoms with Crippen LogP contribution in [0.5, 0.6) is 0 Å². The average Bonchev–Trinajstić information content (AvgIpc) is 2.83. The lowest BCUT2D eigenvalue weighted by Crippen LogP contribution is -2.03. The predicted octanol–water partition coefficient (Wildman–Crippen LogP) is 1.17. The summed E-state index contributed by atoms with van der Waals surface area (Å²) in [6.45, 7) is 1.66. The van der Waals surface area contributed by atoms with Crippen LogP contribution in [0, 0.1) is 6.92 Å². The van der Waals surface area contributed by atoms with Crippen molar-refractivity contribution < 1.29 is 14.1 Å². The van der Waals surface area contributed by atoms with Gasteiger partial charge in [0.1, 0.15) is 22.7 Å². The van der Waals surface area contributed by atoms with Crippen molar-refractivity contribution in [2.45, 2.75) is 6.92 Å². The van der Waals surface area contributed by atoms with Crippen LogP contribution >= 0.6 is 0 Å². The highest BCUT2D eigenvalue weighted by Crippen LogP contribution is 2.24.